The highest BCUT2D eigenvalue weighted by atomic mass is 16.7. The van der Waals surface area contributed by atoms with Gasteiger partial charge in [0, 0.05) is 19.3 Å². The van der Waals surface area contributed by atoms with Gasteiger partial charge in [-0.2, -0.15) is 0 Å². The van der Waals surface area contributed by atoms with Gasteiger partial charge in [-0.15, -0.1) is 0 Å². The van der Waals surface area contributed by atoms with Gasteiger partial charge in [0.2, 0.25) is 0 Å². The zero-order chi connectivity index (χ0) is 17.1. The molecule has 4 nitrogen and oxygen atoms in total. The highest BCUT2D eigenvalue weighted by Crippen LogP contribution is 2.34. The number of unbranched alkanes of at least 4 members (excludes halogenated alkanes) is 7. The minimum Gasteiger partial charge on any atom is -0.348 e. The fraction of sp³-hybridized carbons (Fsp3) is 1.00. The number of hydrogen-bond donors (Lipinski definition) is 0. The van der Waals surface area contributed by atoms with Gasteiger partial charge >= 0.3 is 0 Å². The molecule has 0 spiro atoms. The van der Waals surface area contributed by atoms with E-state index in [9.17, 15) is 0 Å². The van der Waals surface area contributed by atoms with Crippen LogP contribution in [0.15, 0.2) is 0 Å². The molecule has 0 aromatic rings. The first kappa shape index (κ1) is 20.2. The second-order valence-corrected chi connectivity index (χ2v) is 7.52. The summed E-state index contributed by atoms with van der Waals surface area (Å²) in [5, 5.41) is 0. The summed E-state index contributed by atoms with van der Waals surface area (Å²) in [6, 6.07) is 0. The van der Waals surface area contributed by atoms with Crippen molar-refractivity contribution >= 4 is 0 Å². The van der Waals surface area contributed by atoms with E-state index in [0.717, 1.165) is 38.9 Å². The van der Waals surface area contributed by atoms with Crippen LogP contribution in [0.2, 0.25) is 0 Å². The number of ether oxygens (including phenoxy) is 4. The summed E-state index contributed by atoms with van der Waals surface area (Å²) in [6.07, 6.45) is 14.6. The Labute approximate surface area is 148 Å². The van der Waals surface area contributed by atoms with E-state index in [0.29, 0.717) is 13.2 Å². The molecule has 0 radical (unpaired) electrons. The van der Waals surface area contributed by atoms with Crippen molar-refractivity contribution in [3.05, 3.63) is 0 Å². The summed E-state index contributed by atoms with van der Waals surface area (Å²) in [5.41, 5.74) is 0. The van der Waals surface area contributed by atoms with Crippen LogP contribution in [0.1, 0.15) is 90.9 Å². The van der Waals surface area contributed by atoms with E-state index >= 15 is 0 Å². The van der Waals surface area contributed by atoms with Gasteiger partial charge in [0.25, 0.3) is 0 Å². The maximum absolute atomic E-state index is 5.99. The van der Waals surface area contributed by atoms with E-state index in [-0.39, 0.29) is 5.79 Å². The van der Waals surface area contributed by atoms with Crippen LogP contribution in [0, 0.1) is 0 Å². The van der Waals surface area contributed by atoms with Gasteiger partial charge in [-0.25, -0.2) is 0 Å². The molecule has 2 heterocycles. The van der Waals surface area contributed by atoms with Gasteiger partial charge in [-0.3, -0.25) is 0 Å². The lowest BCUT2D eigenvalue weighted by atomic mass is 9.98. The molecular formula is C20H38O4. The predicted molar refractivity (Wildman–Crippen MR) is 96.0 cm³/mol. The third-order valence-electron chi connectivity index (χ3n) is 5.31. The SMILES string of the molecule is CCCCCCCCCCC1(CCCC2(C)OCCO2)OCCO1. The van der Waals surface area contributed by atoms with E-state index in [1.54, 1.807) is 0 Å². The maximum Gasteiger partial charge on any atom is 0.168 e. The van der Waals surface area contributed by atoms with Gasteiger partial charge < -0.3 is 18.9 Å². The van der Waals surface area contributed by atoms with E-state index in [2.05, 4.69) is 6.92 Å². The molecule has 2 aliphatic rings. The monoisotopic (exact) mass is 342 g/mol. The van der Waals surface area contributed by atoms with Crippen LogP contribution in [0.25, 0.3) is 0 Å². The molecule has 0 unspecified atom stereocenters. The molecule has 4 heteroatoms. The molecule has 0 aromatic heterocycles. The normalized spacial score (nSPS) is 22.2. The molecule has 0 atom stereocenters. The molecule has 24 heavy (non-hydrogen) atoms. The molecule has 2 fully saturated rings. The number of hydrogen-bond acceptors (Lipinski definition) is 4. The van der Waals surface area contributed by atoms with Crippen LogP contribution in [0.4, 0.5) is 0 Å². The van der Waals surface area contributed by atoms with Crippen LogP contribution in [-0.2, 0) is 18.9 Å². The summed E-state index contributed by atoms with van der Waals surface area (Å²) in [4.78, 5) is 0. The smallest absolute Gasteiger partial charge is 0.168 e. The Balaban J connectivity index is 1.58. The maximum atomic E-state index is 5.99. The fourth-order valence-electron chi connectivity index (χ4n) is 3.82. The second kappa shape index (κ2) is 10.7. The summed E-state index contributed by atoms with van der Waals surface area (Å²) in [6.45, 7) is 7.22. The molecule has 0 N–H and O–H groups in total. The van der Waals surface area contributed by atoms with Crippen molar-refractivity contribution in [3.8, 4) is 0 Å². The van der Waals surface area contributed by atoms with Crippen LogP contribution < -0.4 is 0 Å². The predicted octanol–water partition coefficient (Wildman–Crippen LogP) is 5.19. The number of rotatable bonds is 13. The van der Waals surface area contributed by atoms with Crippen LogP contribution in [0.5, 0.6) is 0 Å². The molecule has 2 aliphatic heterocycles. The summed E-state index contributed by atoms with van der Waals surface area (Å²) < 4.78 is 23.4. The Bertz CT molecular complexity index is 320. The summed E-state index contributed by atoms with van der Waals surface area (Å²) in [7, 11) is 0. The average Bonchev–Trinajstić information content (AvgIpc) is 3.20. The highest BCUT2D eigenvalue weighted by Gasteiger charge is 2.37. The molecule has 0 aromatic carbocycles. The van der Waals surface area contributed by atoms with Gasteiger partial charge in [0.1, 0.15) is 0 Å². The van der Waals surface area contributed by atoms with Crippen molar-refractivity contribution in [2.75, 3.05) is 26.4 Å². The van der Waals surface area contributed by atoms with Gasteiger partial charge in [-0.05, 0) is 19.8 Å². The summed E-state index contributed by atoms with van der Waals surface area (Å²) >= 11 is 0. The van der Waals surface area contributed by atoms with E-state index in [1.165, 1.54) is 51.4 Å². The van der Waals surface area contributed by atoms with Crippen molar-refractivity contribution in [3.63, 3.8) is 0 Å². The summed E-state index contributed by atoms with van der Waals surface area (Å²) in [5.74, 6) is -0.727. The van der Waals surface area contributed by atoms with Gasteiger partial charge in [-0.1, -0.05) is 51.9 Å². The van der Waals surface area contributed by atoms with Crippen LogP contribution in [-0.4, -0.2) is 38.0 Å². The highest BCUT2D eigenvalue weighted by molar-refractivity contribution is 4.77. The Morgan fingerprint density at radius 2 is 1.08 bits per heavy atom. The van der Waals surface area contributed by atoms with Crippen molar-refractivity contribution in [2.24, 2.45) is 0 Å². The third kappa shape index (κ3) is 6.99. The standard InChI is InChI=1S/C20H38O4/c1-3-4-5-6-7-8-9-10-13-20(23-17-18-24-20)14-11-12-19(2)21-15-16-22-19/h3-18H2,1-2H3. The van der Waals surface area contributed by atoms with Crippen molar-refractivity contribution < 1.29 is 18.9 Å². The minimum absolute atomic E-state index is 0.336. The first-order chi connectivity index (χ1) is 11.7. The van der Waals surface area contributed by atoms with Crippen molar-refractivity contribution in [1.82, 2.24) is 0 Å². The second-order valence-electron chi connectivity index (χ2n) is 7.52. The first-order valence-electron chi connectivity index (χ1n) is 10.2. The molecule has 0 amide bonds. The Morgan fingerprint density at radius 3 is 1.71 bits per heavy atom. The minimum atomic E-state index is -0.391. The van der Waals surface area contributed by atoms with E-state index in [4.69, 9.17) is 18.9 Å². The molecule has 2 saturated heterocycles. The lowest BCUT2D eigenvalue weighted by Gasteiger charge is -2.29. The molecule has 0 aliphatic carbocycles. The molecular weight excluding hydrogens is 304 g/mol. The Morgan fingerprint density at radius 1 is 0.583 bits per heavy atom. The van der Waals surface area contributed by atoms with Gasteiger partial charge in [0.15, 0.2) is 11.6 Å². The van der Waals surface area contributed by atoms with Crippen LogP contribution >= 0.6 is 0 Å². The Kier molecular flexibility index (Phi) is 9.02. The average molecular weight is 343 g/mol. The topological polar surface area (TPSA) is 36.9 Å². The zero-order valence-electron chi connectivity index (χ0n) is 15.9. The first-order valence-corrected chi connectivity index (χ1v) is 10.2. The Hall–Kier alpha value is -0.160. The van der Waals surface area contributed by atoms with Crippen LogP contribution in [0.3, 0.4) is 0 Å². The lowest BCUT2D eigenvalue weighted by Crippen LogP contribution is -2.32. The fourth-order valence-corrected chi connectivity index (χ4v) is 3.82. The van der Waals surface area contributed by atoms with E-state index < -0.39 is 5.79 Å². The third-order valence-corrected chi connectivity index (χ3v) is 5.31. The molecule has 2 rings (SSSR count). The quantitative estimate of drug-likeness (QED) is 0.431. The van der Waals surface area contributed by atoms with E-state index in [1.807, 2.05) is 6.92 Å². The molecule has 0 bridgehead atoms. The van der Waals surface area contributed by atoms with Gasteiger partial charge in [0.05, 0.1) is 26.4 Å². The molecule has 142 valence electrons. The largest absolute Gasteiger partial charge is 0.348 e. The van der Waals surface area contributed by atoms with Crippen molar-refractivity contribution in [1.29, 1.82) is 0 Å². The van der Waals surface area contributed by atoms with Crippen molar-refractivity contribution in [2.45, 2.75) is 102 Å². The molecule has 0 saturated carbocycles. The lowest BCUT2D eigenvalue weighted by molar-refractivity contribution is -0.179. The zero-order valence-corrected chi connectivity index (χ0v) is 15.9.